The van der Waals surface area contributed by atoms with Crippen molar-refractivity contribution in [1.82, 2.24) is 9.97 Å². The molecule has 118 valence electrons. The van der Waals surface area contributed by atoms with Gasteiger partial charge in [-0.3, -0.25) is 0 Å². The minimum atomic E-state index is 0.107. The Kier molecular flexibility index (Phi) is 6.04. The van der Waals surface area contributed by atoms with Gasteiger partial charge in [0.1, 0.15) is 6.33 Å². The monoisotopic (exact) mass is 294 g/mol. The first-order valence-corrected chi connectivity index (χ1v) is 7.82. The van der Waals surface area contributed by atoms with Gasteiger partial charge < -0.3 is 20.1 Å². The number of nitrogens with one attached hydrogen (secondary N) is 1. The van der Waals surface area contributed by atoms with Crippen LogP contribution in [0, 0.1) is 0 Å². The van der Waals surface area contributed by atoms with Gasteiger partial charge in [0.25, 0.3) is 0 Å². The molecule has 2 heterocycles. The lowest BCUT2D eigenvalue weighted by Gasteiger charge is -2.31. The average molecular weight is 294 g/mol. The van der Waals surface area contributed by atoms with Crippen molar-refractivity contribution in [2.45, 2.75) is 45.1 Å². The minimum absolute atomic E-state index is 0.107. The summed E-state index contributed by atoms with van der Waals surface area (Å²) < 4.78 is 5.55. The van der Waals surface area contributed by atoms with E-state index in [1.165, 1.54) is 6.42 Å². The lowest BCUT2D eigenvalue weighted by molar-refractivity contribution is 0.254. The number of aromatic nitrogens is 2. The number of anilines is 2. The maximum Gasteiger partial charge on any atom is 0.204 e. The Morgan fingerprint density at radius 2 is 2.24 bits per heavy atom. The lowest BCUT2D eigenvalue weighted by Crippen LogP contribution is -2.38. The second-order valence-corrected chi connectivity index (χ2v) is 5.39. The molecule has 2 N–H and O–H groups in total. The molecule has 1 aromatic rings. The molecule has 1 unspecified atom stereocenters. The van der Waals surface area contributed by atoms with Gasteiger partial charge in [0.05, 0.1) is 19.8 Å². The first-order valence-electron chi connectivity index (χ1n) is 7.82. The van der Waals surface area contributed by atoms with E-state index in [4.69, 9.17) is 4.74 Å². The second-order valence-electron chi connectivity index (χ2n) is 5.39. The molecule has 2 rings (SSSR count). The molecule has 1 fully saturated rings. The Labute approximate surface area is 126 Å². The molecule has 1 atom stereocenters. The summed E-state index contributed by atoms with van der Waals surface area (Å²) in [4.78, 5) is 10.9. The van der Waals surface area contributed by atoms with Gasteiger partial charge >= 0.3 is 0 Å². The van der Waals surface area contributed by atoms with Crippen LogP contribution in [-0.2, 0) is 0 Å². The number of hydrogen-bond acceptors (Lipinski definition) is 6. The van der Waals surface area contributed by atoms with Gasteiger partial charge in [0, 0.05) is 13.1 Å². The van der Waals surface area contributed by atoms with Crippen molar-refractivity contribution in [2.24, 2.45) is 0 Å². The highest BCUT2D eigenvalue weighted by atomic mass is 16.5. The highest BCUT2D eigenvalue weighted by molar-refractivity contribution is 5.65. The number of hydrogen-bond donors (Lipinski definition) is 2. The van der Waals surface area contributed by atoms with Crippen LogP contribution >= 0.6 is 0 Å². The highest BCUT2D eigenvalue weighted by Crippen LogP contribution is 2.34. The van der Waals surface area contributed by atoms with Crippen LogP contribution in [0.25, 0.3) is 0 Å². The largest absolute Gasteiger partial charge is 0.490 e. The molecule has 0 bridgehead atoms. The van der Waals surface area contributed by atoms with Gasteiger partial charge in [-0.15, -0.1) is 0 Å². The number of aliphatic hydroxyl groups is 1. The van der Waals surface area contributed by atoms with Gasteiger partial charge in [0.15, 0.2) is 11.6 Å². The normalized spacial score (nSPS) is 19.2. The summed E-state index contributed by atoms with van der Waals surface area (Å²) in [6.07, 6.45) is 7.03. The molecule has 1 aromatic heterocycles. The summed E-state index contributed by atoms with van der Waals surface area (Å²) in [6.45, 7) is 3.99. The zero-order valence-electron chi connectivity index (χ0n) is 13.0. The van der Waals surface area contributed by atoms with E-state index in [1.807, 2.05) is 0 Å². The summed E-state index contributed by atoms with van der Waals surface area (Å²) in [5.74, 6) is 2.18. The maximum absolute atomic E-state index is 9.68. The Hall–Kier alpha value is -1.56. The Bertz CT molecular complexity index is 442. The predicted molar refractivity (Wildman–Crippen MR) is 84.1 cm³/mol. The van der Waals surface area contributed by atoms with E-state index in [1.54, 1.807) is 13.4 Å². The van der Waals surface area contributed by atoms with Crippen LogP contribution in [0.4, 0.5) is 11.6 Å². The van der Waals surface area contributed by atoms with Crippen molar-refractivity contribution in [3.05, 3.63) is 6.33 Å². The fourth-order valence-corrected chi connectivity index (χ4v) is 2.77. The Balaban J connectivity index is 2.31. The van der Waals surface area contributed by atoms with Crippen molar-refractivity contribution in [3.63, 3.8) is 0 Å². The van der Waals surface area contributed by atoms with Crippen LogP contribution in [-0.4, -0.2) is 47.9 Å². The van der Waals surface area contributed by atoms with Crippen LogP contribution in [0.15, 0.2) is 6.33 Å². The fraction of sp³-hybridized carbons (Fsp3) is 0.733. The van der Waals surface area contributed by atoms with Gasteiger partial charge in [-0.25, -0.2) is 9.97 Å². The second kappa shape index (κ2) is 8.02. The first kappa shape index (κ1) is 15.8. The van der Waals surface area contributed by atoms with Gasteiger partial charge in [-0.1, -0.05) is 19.8 Å². The van der Waals surface area contributed by atoms with Crippen LogP contribution in [0.1, 0.15) is 39.0 Å². The lowest BCUT2D eigenvalue weighted by atomic mass is 10.1. The van der Waals surface area contributed by atoms with E-state index < -0.39 is 0 Å². The molecule has 0 radical (unpaired) electrons. The molecule has 0 saturated carbocycles. The summed E-state index contributed by atoms with van der Waals surface area (Å²) in [5.41, 5.74) is 0. The topological polar surface area (TPSA) is 70.5 Å². The van der Waals surface area contributed by atoms with E-state index in [0.717, 1.165) is 50.4 Å². The third kappa shape index (κ3) is 3.75. The number of nitrogens with zero attached hydrogens (tertiary/aromatic N) is 3. The summed E-state index contributed by atoms with van der Waals surface area (Å²) in [6, 6.07) is 0.107. The fourth-order valence-electron chi connectivity index (χ4n) is 2.77. The summed E-state index contributed by atoms with van der Waals surface area (Å²) >= 11 is 0. The van der Waals surface area contributed by atoms with Crippen LogP contribution < -0.4 is 15.0 Å². The molecule has 0 spiro atoms. The molecule has 0 amide bonds. The quantitative estimate of drug-likeness (QED) is 0.837. The molecule has 1 aliphatic rings. The van der Waals surface area contributed by atoms with E-state index in [-0.39, 0.29) is 12.6 Å². The molecule has 0 aliphatic carbocycles. The van der Waals surface area contributed by atoms with Crippen LogP contribution in [0.3, 0.4) is 0 Å². The molecule has 6 nitrogen and oxygen atoms in total. The van der Waals surface area contributed by atoms with Crippen LogP contribution in [0.5, 0.6) is 5.75 Å². The Morgan fingerprint density at radius 3 is 2.95 bits per heavy atom. The van der Waals surface area contributed by atoms with Crippen molar-refractivity contribution >= 4 is 11.6 Å². The van der Waals surface area contributed by atoms with Crippen molar-refractivity contribution in [1.29, 1.82) is 0 Å². The molecular weight excluding hydrogens is 268 g/mol. The van der Waals surface area contributed by atoms with Gasteiger partial charge in [-0.2, -0.15) is 0 Å². The van der Waals surface area contributed by atoms with E-state index in [0.29, 0.717) is 5.75 Å². The molecule has 1 aliphatic heterocycles. The third-order valence-electron chi connectivity index (χ3n) is 3.89. The first-order chi connectivity index (χ1) is 10.3. The van der Waals surface area contributed by atoms with Crippen molar-refractivity contribution < 1.29 is 9.84 Å². The molecule has 6 heteroatoms. The smallest absolute Gasteiger partial charge is 0.204 e. The summed E-state index contributed by atoms with van der Waals surface area (Å²) in [5, 5.41) is 13.0. The van der Waals surface area contributed by atoms with E-state index in [2.05, 4.69) is 27.1 Å². The molecule has 0 aromatic carbocycles. The number of methoxy groups -OCH3 is 1. The number of aliphatic hydroxyl groups excluding tert-OH is 1. The number of rotatable bonds is 6. The van der Waals surface area contributed by atoms with Crippen LogP contribution in [0.2, 0.25) is 0 Å². The third-order valence-corrected chi connectivity index (χ3v) is 3.89. The van der Waals surface area contributed by atoms with Gasteiger partial charge in [-0.05, 0) is 19.3 Å². The zero-order valence-corrected chi connectivity index (χ0v) is 13.0. The van der Waals surface area contributed by atoms with E-state index in [9.17, 15) is 5.11 Å². The molecule has 1 saturated heterocycles. The van der Waals surface area contributed by atoms with Crippen molar-refractivity contribution in [2.75, 3.05) is 37.0 Å². The van der Waals surface area contributed by atoms with Gasteiger partial charge in [0.2, 0.25) is 5.75 Å². The minimum Gasteiger partial charge on any atom is -0.490 e. The van der Waals surface area contributed by atoms with Crippen molar-refractivity contribution in [3.8, 4) is 5.75 Å². The maximum atomic E-state index is 9.68. The average Bonchev–Trinajstić information content (AvgIpc) is 2.77. The zero-order chi connectivity index (χ0) is 15.1. The number of ether oxygens (including phenoxy) is 1. The summed E-state index contributed by atoms with van der Waals surface area (Å²) in [7, 11) is 1.64. The predicted octanol–water partition coefficient (Wildman–Crippen LogP) is 2.05. The van der Waals surface area contributed by atoms with E-state index >= 15 is 0 Å². The molecular formula is C15H26N4O2. The Morgan fingerprint density at radius 1 is 1.38 bits per heavy atom. The SMILES string of the molecule is CCCNc1ncnc(N2CCCCCC2CO)c1OC. The molecule has 21 heavy (non-hydrogen) atoms. The highest BCUT2D eigenvalue weighted by Gasteiger charge is 2.26. The standard InChI is InChI=1S/C15H26N4O2/c1-3-8-16-14-13(21-2)15(18-11-17-14)19-9-6-4-5-7-12(19)10-20/h11-12,20H,3-10H2,1-2H3,(H,16,17,18).